The highest BCUT2D eigenvalue weighted by atomic mass is 79.9. The SMILES string of the molecule is CN(CC1CCCCO1)c1cc(Br)nc(C(C)(C)C)n1. The number of hydrogen-bond acceptors (Lipinski definition) is 4. The third kappa shape index (κ3) is 4.16. The van der Waals surface area contributed by atoms with Gasteiger partial charge in [-0.2, -0.15) is 0 Å². The third-order valence-corrected chi connectivity index (χ3v) is 3.90. The van der Waals surface area contributed by atoms with Crippen LogP contribution in [-0.2, 0) is 10.2 Å². The van der Waals surface area contributed by atoms with Gasteiger partial charge in [0.25, 0.3) is 0 Å². The smallest absolute Gasteiger partial charge is 0.137 e. The third-order valence-electron chi connectivity index (χ3n) is 3.49. The summed E-state index contributed by atoms with van der Waals surface area (Å²) in [7, 11) is 2.07. The Labute approximate surface area is 130 Å². The summed E-state index contributed by atoms with van der Waals surface area (Å²) in [5.74, 6) is 1.81. The maximum absolute atomic E-state index is 5.80. The predicted molar refractivity (Wildman–Crippen MR) is 85.3 cm³/mol. The molecule has 0 aliphatic carbocycles. The van der Waals surface area contributed by atoms with Crippen LogP contribution in [0.4, 0.5) is 5.82 Å². The van der Waals surface area contributed by atoms with Crippen molar-refractivity contribution in [2.75, 3.05) is 25.1 Å². The Morgan fingerprint density at radius 3 is 2.70 bits per heavy atom. The first-order valence-corrected chi connectivity index (χ1v) is 8.03. The largest absolute Gasteiger partial charge is 0.376 e. The Kier molecular flexibility index (Phi) is 5.02. The van der Waals surface area contributed by atoms with Crippen LogP contribution < -0.4 is 4.90 Å². The Morgan fingerprint density at radius 1 is 1.35 bits per heavy atom. The number of nitrogens with zero attached hydrogens (tertiary/aromatic N) is 3. The van der Waals surface area contributed by atoms with Crippen LogP contribution in [0, 0.1) is 0 Å². The van der Waals surface area contributed by atoms with E-state index in [0.29, 0.717) is 6.10 Å². The van der Waals surface area contributed by atoms with Gasteiger partial charge in [-0.1, -0.05) is 20.8 Å². The minimum Gasteiger partial charge on any atom is -0.376 e. The maximum atomic E-state index is 5.80. The van der Waals surface area contributed by atoms with Crippen LogP contribution in [0.5, 0.6) is 0 Å². The van der Waals surface area contributed by atoms with E-state index in [1.54, 1.807) is 0 Å². The fourth-order valence-corrected chi connectivity index (χ4v) is 2.66. The molecule has 20 heavy (non-hydrogen) atoms. The maximum Gasteiger partial charge on any atom is 0.137 e. The molecule has 1 aromatic rings. The van der Waals surface area contributed by atoms with Crippen molar-refractivity contribution in [2.45, 2.75) is 51.6 Å². The molecule has 0 aromatic carbocycles. The van der Waals surface area contributed by atoms with Crippen molar-refractivity contribution >= 4 is 21.7 Å². The van der Waals surface area contributed by atoms with Gasteiger partial charge in [0.2, 0.25) is 0 Å². The summed E-state index contributed by atoms with van der Waals surface area (Å²) in [5, 5.41) is 0. The molecule has 1 fully saturated rings. The van der Waals surface area contributed by atoms with Gasteiger partial charge in [0.15, 0.2) is 0 Å². The van der Waals surface area contributed by atoms with Crippen molar-refractivity contribution in [1.82, 2.24) is 9.97 Å². The highest BCUT2D eigenvalue weighted by Gasteiger charge is 2.21. The van der Waals surface area contributed by atoms with Crippen molar-refractivity contribution in [3.05, 3.63) is 16.5 Å². The zero-order chi connectivity index (χ0) is 14.8. The van der Waals surface area contributed by atoms with Crippen molar-refractivity contribution in [3.8, 4) is 0 Å². The lowest BCUT2D eigenvalue weighted by atomic mass is 9.96. The molecular weight excluding hydrogens is 318 g/mol. The first kappa shape index (κ1) is 15.7. The summed E-state index contributed by atoms with van der Waals surface area (Å²) in [5.41, 5.74) is -0.0549. The molecule has 2 rings (SSSR count). The minimum absolute atomic E-state index is 0.0549. The summed E-state index contributed by atoms with van der Waals surface area (Å²) in [6.45, 7) is 8.15. The number of likely N-dealkylation sites (N-methyl/N-ethyl adjacent to an activating group) is 1. The zero-order valence-electron chi connectivity index (χ0n) is 12.8. The number of aromatic nitrogens is 2. The molecule has 1 unspecified atom stereocenters. The Hall–Kier alpha value is -0.680. The number of ether oxygens (including phenoxy) is 1. The fourth-order valence-electron chi connectivity index (χ4n) is 2.29. The second-order valence-electron chi connectivity index (χ2n) is 6.49. The number of rotatable bonds is 3. The van der Waals surface area contributed by atoms with Gasteiger partial charge in [-0.25, -0.2) is 9.97 Å². The first-order valence-electron chi connectivity index (χ1n) is 7.24. The van der Waals surface area contributed by atoms with E-state index in [-0.39, 0.29) is 5.41 Å². The molecule has 1 aliphatic rings. The molecule has 0 N–H and O–H groups in total. The molecule has 0 bridgehead atoms. The molecule has 4 nitrogen and oxygen atoms in total. The number of hydrogen-bond donors (Lipinski definition) is 0. The predicted octanol–water partition coefficient (Wildman–Crippen LogP) is 3.54. The Balaban J connectivity index is 2.12. The van der Waals surface area contributed by atoms with Crippen molar-refractivity contribution in [3.63, 3.8) is 0 Å². The monoisotopic (exact) mass is 341 g/mol. The van der Waals surface area contributed by atoms with Crippen LogP contribution in [0.3, 0.4) is 0 Å². The summed E-state index contributed by atoms with van der Waals surface area (Å²) < 4.78 is 6.64. The van der Waals surface area contributed by atoms with Crippen LogP contribution in [-0.4, -0.2) is 36.3 Å². The Bertz CT molecular complexity index is 453. The quantitative estimate of drug-likeness (QED) is 0.788. The molecule has 112 valence electrons. The van der Waals surface area contributed by atoms with E-state index in [2.05, 4.69) is 53.6 Å². The van der Waals surface area contributed by atoms with Gasteiger partial charge in [-0.3, -0.25) is 0 Å². The van der Waals surface area contributed by atoms with E-state index in [1.165, 1.54) is 12.8 Å². The lowest BCUT2D eigenvalue weighted by molar-refractivity contribution is 0.0215. The minimum atomic E-state index is -0.0549. The molecule has 0 saturated carbocycles. The van der Waals surface area contributed by atoms with Gasteiger partial charge >= 0.3 is 0 Å². The van der Waals surface area contributed by atoms with Gasteiger partial charge in [-0.15, -0.1) is 0 Å². The van der Waals surface area contributed by atoms with Gasteiger partial charge in [-0.05, 0) is 35.2 Å². The number of anilines is 1. The summed E-state index contributed by atoms with van der Waals surface area (Å²) in [6, 6.07) is 1.97. The lowest BCUT2D eigenvalue weighted by Crippen LogP contribution is -2.34. The van der Waals surface area contributed by atoms with Gasteiger partial charge in [0.05, 0.1) is 6.10 Å². The highest BCUT2D eigenvalue weighted by Crippen LogP contribution is 2.24. The van der Waals surface area contributed by atoms with E-state index < -0.39 is 0 Å². The van der Waals surface area contributed by atoms with E-state index in [0.717, 1.165) is 35.8 Å². The topological polar surface area (TPSA) is 38.2 Å². The van der Waals surface area contributed by atoms with Crippen molar-refractivity contribution < 1.29 is 4.74 Å². The molecule has 2 heterocycles. The van der Waals surface area contributed by atoms with Crippen LogP contribution in [0.15, 0.2) is 10.7 Å². The van der Waals surface area contributed by atoms with E-state index in [1.807, 2.05) is 6.07 Å². The van der Waals surface area contributed by atoms with Crippen LogP contribution >= 0.6 is 15.9 Å². The fraction of sp³-hybridized carbons (Fsp3) is 0.733. The van der Waals surface area contributed by atoms with Crippen LogP contribution in [0.2, 0.25) is 0 Å². The van der Waals surface area contributed by atoms with Gasteiger partial charge in [0, 0.05) is 31.7 Å². The van der Waals surface area contributed by atoms with Crippen LogP contribution in [0.25, 0.3) is 0 Å². The first-order chi connectivity index (χ1) is 9.36. The summed E-state index contributed by atoms with van der Waals surface area (Å²) in [6.07, 6.45) is 3.91. The highest BCUT2D eigenvalue weighted by molar-refractivity contribution is 9.10. The standard InChI is InChI=1S/C15H24BrN3O/c1-15(2,3)14-17-12(16)9-13(18-14)19(4)10-11-7-5-6-8-20-11/h9,11H,5-8,10H2,1-4H3. The molecule has 1 atom stereocenters. The molecule has 0 amide bonds. The molecule has 5 heteroatoms. The molecule has 1 aromatic heterocycles. The Morgan fingerprint density at radius 2 is 2.10 bits per heavy atom. The summed E-state index contributed by atoms with van der Waals surface area (Å²) >= 11 is 3.49. The zero-order valence-corrected chi connectivity index (χ0v) is 14.4. The van der Waals surface area contributed by atoms with Crippen LogP contribution in [0.1, 0.15) is 45.9 Å². The van der Waals surface area contributed by atoms with Gasteiger partial charge < -0.3 is 9.64 Å². The van der Waals surface area contributed by atoms with E-state index in [4.69, 9.17) is 9.72 Å². The van der Waals surface area contributed by atoms with E-state index >= 15 is 0 Å². The van der Waals surface area contributed by atoms with Gasteiger partial charge in [0.1, 0.15) is 16.2 Å². The molecule has 1 aliphatic heterocycles. The average Bonchev–Trinajstić information content (AvgIpc) is 2.38. The average molecular weight is 342 g/mol. The van der Waals surface area contributed by atoms with Crippen molar-refractivity contribution in [1.29, 1.82) is 0 Å². The lowest BCUT2D eigenvalue weighted by Gasteiger charge is -2.28. The van der Waals surface area contributed by atoms with Crippen molar-refractivity contribution in [2.24, 2.45) is 0 Å². The molecule has 1 saturated heterocycles. The number of halogens is 1. The second kappa shape index (κ2) is 6.39. The molecule has 0 radical (unpaired) electrons. The second-order valence-corrected chi connectivity index (χ2v) is 7.30. The molecular formula is C15H24BrN3O. The normalized spacial score (nSPS) is 19.9. The molecule has 0 spiro atoms. The summed E-state index contributed by atoms with van der Waals surface area (Å²) in [4.78, 5) is 11.3. The van der Waals surface area contributed by atoms with E-state index in [9.17, 15) is 0 Å².